The second-order valence-electron chi connectivity index (χ2n) is 3.74. The van der Waals surface area contributed by atoms with Crippen LogP contribution in [0.2, 0.25) is 0 Å². The smallest absolute Gasteiger partial charge is 0.123 e. The molecule has 0 radical (unpaired) electrons. The van der Waals surface area contributed by atoms with Crippen LogP contribution in [0.1, 0.15) is 18.4 Å². The maximum absolute atomic E-state index is 5.67. The number of thioether (sulfide) groups is 1. The molecule has 0 aromatic carbocycles. The highest BCUT2D eigenvalue weighted by Gasteiger charge is 2.02. The van der Waals surface area contributed by atoms with Crippen molar-refractivity contribution in [3.8, 4) is 0 Å². The number of hydrogen-bond acceptors (Lipinski definition) is 4. The molecule has 0 spiro atoms. The number of aryl methyl sites for hydroxylation is 1. The Kier molecular flexibility index (Phi) is 4.14. The summed E-state index contributed by atoms with van der Waals surface area (Å²) < 4.78 is 7.56. The molecule has 5 heteroatoms. The normalized spacial score (nSPS) is 10.7. The van der Waals surface area contributed by atoms with Crippen LogP contribution in [-0.4, -0.2) is 16.0 Å². The molecule has 2 rings (SSSR count). The maximum Gasteiger partial charge on any atom is 0.123 e. The lowest BCUT2D eigenvalue weighted by Gasteiger charge is -2.00. The lowest BCUT2D eigenvalue weighted by Crippen LogP contribution is -1.97. The average molecular weight is 251 g/mol. The molecular weight excluding hydrogens is 234 g/mol. The van der Waals surface area contributed by atoms with Crippen LogP contribution in [0.15, 0.2) is 28.9 Å². The van der Waals surface area contributed by atoms with Crippen molar-refractivity contribution >= 4 is 17.4 Å². The number of furan rings is 1. The Balaban J connectivity index is 1.88. The minimum Gasteiger partial charge on any atom is -0.463 e. The summed E-state index contributed by atoms with van der Waals surface area (Å²) in [5.74, 6) is 2.91. The minimum absolute atomic E-state index is 0.698. The first-order chi connectivity index (χ1) is 8.31. The van der Waals surface area contributed by atoms with E-state index >= 15 is 0 Å². The summed E-state index contributed by atoms with van der Waals surface area (Å²) in [6, 6.07) is 4.05. The van der Waals surface area contributed by atoms with Gasteiger partial charge >= 0.3 is 0 Å². The highest BCUT2D eigenvalue weighted by Crippen LogP contribution is 2.15. The summed E-state index contributed by atoms with van der Waals surface area (Å²) in [6.45, 7) is 3.65. The van der Waals surface area contributed by atoms with Gasteiger partial charge in [0.05, 0.1) is 24.2 Å². The van der Waals surface area contributed by atoms with Gasteiger partial charge in [-0.05, 0) is 25.3 Å². The van der Waals surface area contributed by atoms with E-state index in [1.54, 1.807) is 11.8 Å². The third-order valence-corrected chi connectivity index (χ3v) is 3.00. The Labute approximate surface area is 105 Å². The molecule has 0 bridgehead atoms. The van der Waals surface area contributed by atoms with E-state index in [0.29, 0.717) is 6.54 Å². The number of hydrogen-bond donors (Lipinski definition) is 1. The zero-order chi connectivity index (χ0) is 12.1. The topological polar surface area (TPSA) is 43.0 Å². The van der Waals surface area contributed by atoms with Crippen LogP contribution in [0.25, 0.3) is 0 Å². The van der Waals surface area contributed by atoms with Crippen LogP contribution in [0, 0.1) is 0 Å². The van der Waals surface area contributed by atoms with Gasteiger partial charge in [0.15, 0.2) is 0 Å². The molecular formula is C12H17N3OS. The molecule has 0 atom stereocenters. The molecule has 4 nitrogen and oxygen atoms in total. The van der Waals surface area contributed by atoms with Crippen molar-refractivity contribution in [2.24, 2.45) is 0 Å². The van der Waals surface area contributed by atoms with Crippen molar-refractivity contribution in [3.63, 3.8) is 0 Å². The fraction of sp³-hybridized carbons (Fsp3) is 0.417. The second kappa shape index (κ2) is 5.82. The van der Waals surface area contributed by atoms with Crippen molar-refractivity contribution in [3.05, 3.63) is 36.0 Å². The van der Waals surface area contributed by atoms with E-state index in [2.05, 4.69) is 23.6 Å². The highest BCUT2D eigenvalue weighted by molar-refractivity contribution is 7.97. The Morgan fingerprint density at radius 3 is 2.94 bits per heavy atom. The van der Waals surface area contributed by atoms with Gasteiger partial charge in [-0.3, -0.25) is 4.68 Å². The molecule has 0 saturated heterocycles. The molecule has 92 valence electrons. The summed E-state index contributed by atoms with van der Waals surface area (Å²) in [5.41, 5.74) is 1.02. The molecule has 0 aliphatic rings. The van der Waals surface area contributed by atoms with Gasteiger partial charge in [-0.15, -0.1) is 0 Å². The molecule has 2 aromatic heterocycles. The Bertz CT molecular complexity index is 464. The maximum atomic E-state index is 5.67. The SMILES string of the molecule is CCn1cc(NCc2ccc(CSC)o2)cn1. The van der Waals surface area contributed by atoms with Gasteiger partial charge in [-0.1, -0.05) is 0 Å². The van der Waals surface area contributed by atoms with Crippen molar-refractivity contribution in [1.82, 2.24) is 9.78 Å². The van der Waals surface area contributed by atoms with Crippen molar-refractivity contribution in [1.29, 1.82) is 0 Å². The van der Waals surface area contributed by atoms with E-state index in [1.807, 2.05) is 29.2 Å². The monoisotopic (exact) mass is 251 g/mol. The lowest BCUT2D eigenvalue weighted by atomic mass is 10.4. The van der Waals surface area contributed by atoms with Gasteiger partial charge in [0.1, 0.15) is 11.5 Å². The van der Waals surface area contributed by atoms with E-state index in [0.717, 1.165) is 29.5 Å². The van der Waals surface area contributed by atoms with E-state index in [9.17, 15) is 0 Å². The third kappa shape index (κ3) is 3.30. The van der Waals surface area contributed by atoms with Crippen molar-refractivity contribution in [2.75, 3.05) is 11.6 Å². The van der Waals surface area contributed by atoms with Crippen LogP contribution in [0.3, 0.4) is 0 Å². The van der Waals surface area contributed by atoms with E-state index in [1.165, 1.54) is 0 Å². The fourth-order valence-corrected chi connectivity index (χ4v) is 1.99. The molecule has 1 N–H and O–H groups in total. The highest BCUT2D eigenvalue weighted by atomic mass is 32.2. The van der Waals surface area contributed by atoms with E-state index < -0.39 is 0 Å². The molecule has 0 saturated carbocycles. The van der Waals surface area contributed by atoms with Gasteiger partial charge in [-0.25, -0.2) is 0 Å². The second-order valence-corrected chi connectivity index (χ2v) is 4.61. The summed E-state index contributed by atoms with van der Waals surface area (Å²) in [5, 5.41) is 7.49. The first-order valence-corrected chi connectivity index (χ1v) is 7.04. The van der Waals surface area contributed by atoms with Gasteiger partial charge < -0.3 is 9.73 Å². The molecule has 2 heterocycles. The number of nitrogens with zero attached hydrogens (tertiary/aromatic N) is 2. The largest absolute Gasteiger partial charge is 0.463 e. The van der Waals surface area contributed by atoms with Crippen molar-refractivity contribution < 1.29 is 4.42 Å². The predicted molar refractivity (Wildman–Crippen MR) is 71.2 cm³/mol. The summed E-state index contributed by atoms with van der Waals surface area (Å²) in [6.07, 6.45) is 5.89. The van der Waals surface area contributed by atoms with Crippen LogP contribution < -0.4 is 5.32 Å². The predicted octanol–water partition coefficient (Wildman–Crippen LogP) is 2.97. The summed E-state index contributed by atoms with van der Waals surface area (Å²) in [7, 11) is 0. The van der Waals surface area contributed by atoms with Gasteiger partial charge in [0.2, 0.25) is 0 Å². The molecule has 0 aliphatic carbocycles. The standard InChI is InChI=1S/C12H17N3OS/c1-3-15-8-10(6-14-15)13-7-11-4-5-12(16-11)9-17-2/h4-6,8,13H,3,7,9H2,1-2H3. The quantitative estimate of drug-likeness (QED) is 0.857. The first kappa shape index (κ1) is 12.1. The van der Waals surface area contributed by atoms with E-state index in [4.69, 9.17) is 4.42 Å². The Morgan fingerprint density at radius 1 is 1.41 bits per heavy atom. The Morgan fingerprint density at radius 2 is 2.24 bits per heavy atom. The summed E-state index contributed by atoms with van der Waals surface area (Å²) in [4.78, 5) is 0. The first-order valence-electron chi connectivity index (χ1n) is 5.64. The van der Waals surface area contributed by atoms with Gasteiger partial charge in [0.25, 0.3) is 0 Å². The zero-order valence-corrected chi connectivity index (χ0v) is 11.0. The molecule has 2 aromatic rings. The lowest BCUT2D eigenvalue weighted by molar-refractivity contribution is 0.487. The number of rotatable bonds is 6. The number of aromatic nitrogens is 2. The fourth-order valence-electron chi connectivity index (χ4n) is 1.55. The molecule has 0 unspecified atom stereocenters. The van der Waals surface area contributed by atoms with Crippen LogP contribution in [-0.2, 0) is 18.8 Å². The summed E-state index contributed by atoms with van der Waals surface area (Å²) >= 11 is 1.76. The van der Waals surface area contributed by atoms with Crippen LogP contribution in [0.5, 0.6) is 0 Å². The molecule has 0 aliphatic heterocycles. The van der Waals surface area contributed by atoms with E-state index in [-0.39, 0.29) is 0 Å². The van der Waals surface area contributed by atoms with Crippen molar-refractivity contribution in [2.45, 2.75) is 25.8 Å². The molecule has 0 amide bonds. The average Bonchev–Trinajstić information content (AvgIpc) is 2.95. The van der Waals surface area contributed by atoms with Crippen LogP contribution >= 0.6 is 11.8 Å². The van der Waals surface area contributed by atoms with Gasteiger partial charge in [-0.2, -0.15) is 16.9 Å². The van der Waals surface area contributed by atoms with Crippen LogP contribution in [0.4, 0.5) is 5.69 Å². The Hall–Kier alpha value is -1.36. The van der Waals surface area contributed by atoms with Gasteiger partial charge in [0, 0.05) is 12.7 Å². The zero-order valence-electron chi connectivity index (χ0n) is 10.1. The molecule has 17 heavy (non-hydrogen) atoms. The number of nitrogens with one attached hydrogen (secondary N) is 1. The third-order valence-electron chi connectivity index (χ3n) is 2.43. The molecule has 0 fully saturated rings. The number of anilines is 1. The minimum atomic E-state index is 0.698.